The van der Waals surface area contributed by atoms with Gasteiger partial charge < -0.3 is 15.0 Å². The lowest BCUT2D eigenvalue weighted by Gasteiger charge is -2.32. The lowest BCUT2D eigenvalue weighted by Crippen LogP contribution is -2.43. The molecule has 3 rings (SSSR count). The van der Waals surface area contributed by atoms with E-state index < -0.39 is 0 Å². The molecule has 142 valence electrons. The Morgan fingerprint density at radius 3 is 2.67 bits per heavy atom. The number of halogens is 1. The van der Waals surface area contributed by atoms with E-state index in [2.05, 4.69) is 5.32 Å². The monoisotopic (exact) mass is 386 g/mol. The van der Waals surface area contributed by atoms with Gasteiger partial charge in [-0.2, -0.15) is 0 Å². The van der Waals surface area contributed by atoms with Crippen LogP contribution in [-0.4, -0.2) is 36.4 Å². The number of hydrogen-bond acceptors (Lipinski definition) is 3. The summed E-state index contributed by atoms with van der Waals surface area (Å²) in [6.07, 6.45) is 1.55. The number of para-hydroxylation sites is 2. The van der Waals surface area contributed by atoms with E-state index in [4.69, 9.17) is 16.3 Å². The predicted molar refractivity (Wildman–Crippen MR) is 106 cm³/mol. The number of piperidine rings is 1. The normalized spacial score (nSPS) is 16.7. The molecule has 0 aliphatic carbocycles. The van der Waals surface area contributed by atoms with Crippen molar-refractivity contribution >= 4 is 29.1 Å². The molecule has 5 nitrogen and oxygen atoms in total. The summed E-state index contributed by atoms with van der Waals surface area (Å²) in [5, 5.41) is 3.55. The summed E-state index contributed by atoms with van der Waals surface area (Å²) in [5.74, 6) is 0.248. The zero-order valence-corrected chi connectivity index (χ0v) is 16.0. The van der Waals surface area contributed by atoms with Crippen LogP contribution in [0.2, 0.25) is 5.02 Å². The second-order valence-corrected chi connectivity index (χ2v) is 6.95. The van der Waals surface area contributed by atoms with Gasteiger partial charge in [-0.05, 0) is 56.2 Å². The van der Waals surface area contributed by atoms with Crippen LogP contribution in [0.4, 0.5) is 5.69 Å². The largest absolute Gasteiger partial charge is 0.492 e. The Bertz CT molecular complexity index is 807. The van der Waals surface area contributed by atoms with Crippen molar-refractivity contribution < 1.29 is 14.3 Å². The minimum Gasteiger partial charge on any atom is -0.492 e. The summed E-state index contributed by atoms with van der Waals surface area (Å²) in [5.41, 5.74) is 1.24. The van der Waals surface area contributed by atoms with E-state index in [0.29, 0.717) is 41.7 Å². The van der Waals surface area contributed by atoms with Crippen LogP contribution in [0.25, 0.3) is 0 Å². The molecule has 0 aromatic heterocycles. The Labute approximate surface area is 164 Å². The number of carbonyl (C=O) groups excluding carboxylic acids is 2. The third-order valence-corrected chi connectivity index (χ3v) is 4.87. The van der Waals surface area contributed by atoms with Crippen LogP contribution in [0.1, 0.15) is 30.1 Å². The molecule has 6 heteroatoms. The van der Waals surface area contributed by atoms with Crippen molar-refractivity contribution in [2.75, 3.05) is 25.0 Å². The van der Waals surface area contributed by atoms with E-state index in [0.717, 1.165) is 12.8 Å². The molecular weight excluding hydrogens is 364 g/mol. The van der Waals surface area contributed by atoms with Crippen molar-refractivity contribution in [1.29, 1.82) is 0 Å². The molecule has 1 N–H and O–H groups in total. The van der Waals surface area contributed by atoms with Gasteiger partial charge in [0, 0.05) is 23.7 Å². The SMILES string of the molecule is CCOc1ccccc1NC(=O)C1CCCN(C(=O)c2ccc(Cl)cc2)C1. The lowest BCUT2D eigenvalue weighted by atomic mass is 9.96. The van der Waals surface area contributed by atoms with Crippen molar-refractivity contribution in [3.8, 4) is 5.75 Å². The van der Waals surface area contributed by atoms with Crippen molar-refractivity contribution in [3.63, 3.8) is 0 Å². The predicted octanol–water partition coefficient (Wildman–Crippen LogP) is 4.23. The van der Waals surface area contributed by atoms with E-state index >= 15 is 0 Å². The van der Waals surface area contributed by atoms with E-state index in [1.54, 1.807) is 29.2 Å². The van der Waals surface area contributed by atoms with Gasteiger partial charge in [0.25, 0.3) is 5.91 Å². The number of nitrogens with one attached hydrogen (secondary N) is 1. The number of benzene rings is 2. The zero-order valence-electron chi connectivity index (χ0n) is 15.3. The van der Waals surface area contributed by atoms with Gasteiger partial charge in [-0.25, -0.2) is 0 Å². The van der Waals surface area contributed by atoms with Crippen LogP contribution < -0.4 is 10.1 Å². The number of carbonyl (C=O) groups is 2. The minimum atomic E-state index is -0.246. The fraction of sp³-hybridized carbons (Fsp3) is 0.333. The lowest BCUT2D eigenvalue weighted by molar-refractivity contribution is -0.121. The maximum absolute atomic E-state index is 12.8. The van der Waals surface area contributed by atoms with Gasteiger partial charge >= 0.3 is 0 Å². The Hall–Kier alpha value is -2.53. The molecule has 1 aliphatic heterocycles. The standard InChI is InChI=1S/C21H23ClN2O3/c1-2-27-19-8-4-3-7-18(19)23-20(25)16-6-5-13-24(14-16)21(26)15-9-11-17(22)12-10-15/h3-4,7-12,16H,2,5-6,13-14H2,1H3,(H,23,25). The molecule has 1 saturated heterocycles. The van der Waals surface area contributed by atoms with Crippen LogP contribution >= 0.6 is 11.6 Å². The van der Waals surface area contributed by atoms with Crippen molar-refractivity contribution in [2.24, 2.45) is 5.92 Å². The molecule has 1 heterocycles. The summed E-state index contributed by atoms with van der Waals surface area (Å²) < 4.78 is 5.56. The number of nitrogens with zero attached hydrogens (tertiary/aromatic N) is 1. The van der Waals surface area contributed by atoms with Gasteiger partial charge in [-0.3, -0.25) is 9.59 Å². The average molecular weight is 387 g/mol. The number of anilines is 1. The topological polar surface area (TPSA) is 58.6 Å². The number of ether oxygens (including phenoxy) is 1. The molecule has 1 aliphatic rings. The summed E-state index contributed by atoms with van der Waals surface area (Å²) in [6, 6.07) is 14.2. The molecule has 27 heavy (non-hydrogen) atoms. The van der Waals surface area contributed by atoms with Crippen LogP contribution in [0.3, 0.4) is 0 Å². The molecule has 0 bridgehead atoms. The van der Waals surface area contributed by atoms with Crippen LogP contribution in [-0.2, 0) is 4.79 Å². The first kappa shape index (κ1) is 19.2. The van der Waals surface area contributed by atoms with Gasteiger partial charge in [0.15, 0.2) is 0 Å². The first-order valence-electron chi connectivity index (χ1n) is 9.16. The Balaban J connectivity index is 1.66. The molecule has 1 fully saturated rings. The van der Waals surface area contributed by atoms with Gasteiger partial charge in [-0.15, -0.1) is 0 Å². The van der Waals surface area contributed by atoms with Crippen LogP contribution in [0, 0.1) is 5.92 Å². The smallest absolute Gasteiger partial charge is 0.253 e. The average Bonchev–Trinajstić information content (AvgIpc) is 2.70. The van der Waals surface area contributed by atoms with Gasteiger partial charge in [0.2, 0.25) is 5.91 Å². The highest BCUT2D eigenvalue weighted by atomic mass is 35.5. The summed E-state index contributed by atoms with van der Waals surface area (Å²) in [7, 11) is 0. The summed E-state index contributed by atoms with van der Waals surface area (Å²) in [6.45, 7) is 3.49. The summed E-state index contributed by atoms with van der Waals surface area (Å²) >= 11 is 5.89. The second-order valence-electron chi connectivity index (χ2n) is 6.52. The number of rotatable bonds is 5. The molecule has 2 amide bonds. The number of hydrogen-bond donors (Lipinski definition) is 1. The molecule has 2 aromatic rings. The quantitative estimate of drug-likeness (QED) is 0.836. The highest BCUT2D eigenvalue weighted by molar-refractivity contribution is 6.30. The number of likely N-dealkylation sites (tertiary alicyclic amines) is 1. The molecule has 0 radical (unpaired) electrons. The molecule has 0 saturated carbocycles. The molecule has 2 aromatic carbocycles. The number of amides is 2. The molecule has 1 atom stereocenters. The van der Waals surface area contributed by atoms with Crippen LogP contribution in [0.15, 0.2) is 48.5 Å². The fourth-order valence-corrected chi connectivity index (χ4v) is 3.36. The van der Waals surface area contributed by atoms with Crippen LogP contribution in [0.5, 0.6) is 5.75 Å². The van der Waals surface area contributed by atoms with Gasteiger partial charge in [0.1, 0.15) is 5.75 Å². The first-order valence-corrected chi connectivity index (χ1v) is 9.54. The van der Waals surface area contributed by atoms with E-state index in [-0.39, 0.29) is 17.7 Å². The molecular formula is C21H23ClN2O3. The maximum Gasteiger partial charge on any atom is 0.253 e. The van der Waals surface area contributed by atoms with Crippen molar-refractivity contribution in [3.05, 3.63) is 59.1 Å². The van der Waals surface area contributed by atoms with Crippen molar-refractivity contribution in [2.45, 2.75) is 19.8 Å². The third-order valence-electron chi connectivity index (χ3n) is 4.62. The second kappa shape index (κ2) is 8.91. The van der Waals surface area contributed by atoms with Gasteiger partial charge in [0.05, 0.1) is 18.2 Å². The molecule has 1 unspecified atom stereocenters. The Morgan fingerprint density at radius 1 is 1.19 bits per heavy atom. The van der Waals surface area contributed by atoms with E-state index in [1.807, 2.05) is 31.2 Å². The highest BCUT2D eigenvalue weighted by Crippen LogP contribution is 2.26. The van der Waals surface area contributed by atoms with Crippen molar-refractivity contribution in [1.82, 2.24) is 4.90 Å². The maximum atomic E-state index is 12.8. The van der Waals surface area contributed by atoms with E-state index in [9.17, 15) is 9.59 Å². The first-order chi connectivity index (χ1) is 13.1. The fourth-order valence-electron chi connectivity index (χ4n) is 3.24. The zero-order chi connectivity index (χ0) is 19.2. The Morgan fingerprint density at radius 2 is 1.93 bits per heavy atom. The van der Waals surface area contributed by atoms with Gasteiger partial charge in [-0.1, -0.05) is 23.7 Å². The van der Waals surface area contributed by atoms with E-state index in [1.165, 1.54) is 0 Å². The summed E-state index contributed by atoms with van der Waals surface area (Å²) in [4.78, 5) is 27.2. The third kappa shape index (κ3) is 4.80. The minimum absolute atomic E-state index is 0.0705. The molecule has 0 spiro atoms. The highest BCUT2D eigenvalue weighted by Gasteiger charge is 2.29. The Kier molecular flexibility index (Phi) is 6.35.